The average Bonchev–Trinajstić information content (AvgIpc) is 3.22. The summed E-state index contributed by atoms with van der Waals surface area (Å²) in [6.07, 6.45) is 3.73. The van der Waals surface area contributed by atoms with Crippen LogP contribution in [0.5, 0.6) is 0 Å². The molecule has 0 bridgehead atoms. The summed E-state index contributed by atoms with van der Waals surface area (Å²) in [5.41, 5.74) is -0.425. The Labute approximate surface area is 186 Å². The van der Waals surface area contributed by atoms with E-state index in [4.69, 9.17) is 16.6 Å². The molecule has 0 radical (unpaired) electrons. The zero-order chi connectivity index (χ0) is 21.1. The van der Waals surface area contributed by atoms with Crippen LogP contribution in [0.15, 0.2) is 47.8 Å². The van der Waals surface area contributed by atoms with Crippen molar-refractivity contribution in [3.63, 3.8) is 0 Å². The highest BCUT2D eigenvalue weighted by Crippen LogP contribution is 2.37. The van der Waals surface area contributed by atoms with E-state index in [-0.39, 0.29) is 17.6 Å². The van der Waals surface area contributed by atoms with Gasteiger partial charge in [-0.1, -0.05) is 23.7 Å². The lowest BCUT2D eigenvalue weighted by Gasteiger charge is -2.29. The molecule has 0 atom stereocenters. The Morgan fingerprint density at radius 1 is 1.07 bits per heavy atom. The molecule has 2 heterocycles. The third kappa shape index (κ3) is 5.22. The molecule has 1 aromatic heterocycles. The Morgan fingerprint density at radius 3 is 2.60 bits per heavy atom. The van der Waals surface area contributed by atoms with Gasteiger partial charge in [0.05, 0.1) is 22.7 Å². The number of alkyl halides is 3. The van der Waals surface area contributed by atoms with Crippen molar-refractivity contribution >= 4 is 46.3 Å². The Bertz CT molecular complexity index is 1020. The van der Waals surface area contributed by atoms with Gasteiger partial charge in [-0.3, -0.25) is 0 Å². The van der Waals surface area contributed by atoms with Crippen LogP contribution < -0.4 is 9.62 Å². The standard InChI is InChI=1S/C21H19ClF3N3S2/c22-18-12-15(27-30-21(23,24)25)7-8-17(18)19-13-29-20(26-19)14-5-4-6-16(11-14)28-9-2-1-3-10-28/h4-8,11-13,27H,1-3,9-10H2. The quantitative estimate of drug-likeness (QED) is 0.387. The van der Waals surface area contributed by atoms with Crippen molar-refractivity contribution in [2.24, 2.45) is 0 Å². The maximum atomic E-state index is 12.4. The molecule has 0 unspecified atom stereocenters. The van der Waals surface area contributed by atoms with Gasteiger partial charge in [0.25, 0.3) is 0 Å². The van der Waals surface area contributed by atoms with Crippen LogP contribution >= 0.6 is 34.9 Å². The normalized spacial score (nSPS) is 14.7. The van der Waals surface area contributed by atoms with Crippen LogP contribution in [0.1, 0.15) is 19.3 Å². The van der Waals surface area contributed by atoms with Gasteiger partial charge in [0.1, 0.15) is 5.01 Å². The van der Waals surface area contributed by atoms with Crippen molar-refractivity contribution in [3.8, 4) is 21.8 Å². The zero-order valence-electron chi connectivity index (χ0n) is 15.9. The summed E-state index contributed by atoms with van der Waals surface area (Å²) in [7, 11) is 0. The lowest BCUT2D eigenvalue weighted by atomic mass is 10.1. The average molecular weight is 470 g/mol. The molecule has 30 heavy (non-hydrogen) atoms. The number of thiazole rings is 1. The van der Waals surface area contributed by atoms with Gasteiger partial charge in [0, 0.05) is 41.0 Å². The highest BCUT2D eigenvalue weighted by atomic mass is 35.5. The molecule has 0 aliphatic carbocycles. The smallest absolute Gasteiger partial charge is 0.372 e. The first-order chi connectivity index (χ1) is 14.4. The van der Waals surface area contributed by atoms with Gasteiger partial charge >= 0.3 is 5.51 Å². The lowest BCUT2D eigenvalue weighted by Crippen LogP contribution is -2.29. The van der Waals surface area contributed by atoms with Gasteiger partial charge in [-0.2, -0.15) is 13.2 Å². The van der Waals surface area contributed by atoms with Crippen LogP contribution in [0.4, 0.5) is 24.5 Å². The Hall–Kier alpha value is -1.90. The lowest BCUT2D eigenvalue weighted by molar-refractivity contribution is -0.0323. The molecule has 1 N–H and O–H groups in total. The number of aromatic nitrogens is 1. The highest BCUT2D eigenvalue weighted by molar-refractivity contribution is 8.01. The van der Waals surface area contributed by atoms with Gasteiger partial charge in [0.15, 0.2) is 0 Å². The largest absolute Gasteiger partial charge is 0.461 e. The van der Waals surface area contributed by atoms with Crippen molar-refractivity contribution in [3.05, 3.63) is 52.9 Å². The van der Waals surface area contributed by atoms with Crippen molar-refractivity contribution in [2.45, 2.75) is 24.8 Å². The van der Waals surface area contributed by atoms with Crippen molar-refractivity contribution in [1.29, 1.82) is 0 Å². The van der Waals surface area contributed by atoms with Gasteiger partial charge in [-0.05, 0) is 49.6 Å². The fourth-order valence-electron chi connectivity index (χ4n) is 3.42. The minimum Gasteiger partial charge on any atom is -0.372 e. The maximum Gasteiger partial charge on any atom is 0.461 e. The molecule has 158 valence electrons. The Kier molecular flexibility index (Phi) is 6.46. The van der Waals surface area contributed by atoms with Gasteiger partial charge in [0.2, 0.25) is 0 Å². The predicted octanol–water partition coefficient (Wildman–Crippen LogP) is 7.70. The van der Waals surface area contributed by atoms with Gasteiger partial charge in [-0.25, -0.2) is 4.98 Å². The van der Waals surface area contributed by atoms with E-state index in [0.29, 0.717) is 16.3 Å². The van der Waals surface area contributed by atoms with Crippen LogP contribution in [0.3, 0.4) is 0 Å². The third-order valence-corrected chi connectivity index (χ3v) is 6.62. The molecule has 1 saturated heterocycles. The highest BCUT2D eigenvalue weighted by Gasteiger charge is 2.29. The van der Waals surface area contributed by atoms with E-state index < -0.39 is 5.51 Å². The molecule has 4 rings (SSSR count). The molecule has 9 heteroatoms. The summed E-state index contributed by atoms with van der Waals surface area (Å²) in [5.74, 6) is 0. The second-order valence-corrected chi connectivity index (χ2v) is 9.12. The van der Waals surface area contributed by atoms with Crippen molar-refractivity contribution in [1.82, 2.24) is 4.98 Å². The predicted molar refractivity (Wildman–Crippen MR) is 121 cm³/mol. The molecule has 0 saturated carbocycles. The van der Waals surface area contributed by atoms with E-state index in [2.05, 4.69) is 21.8 Å². The number of benzene rings is 2. The molecular weight excluding hydrogens is 451 g/mol. The van der Waals surface area contributed by atoms with Gasteiger partial charge < -0.3 is 9.62 Å². The fourth-order valence-corrected chi connectivity index (χ4v) is 4.88. The maximum absolute atomic E-state index is 12.4. The van der Waals surface area contributed by atoms with E-state index in [1.165, 1.54) is 42.4 Å². The molecule has 1 fully saturated rings. The fraction of sp³-hybridized carbons (Fsp3) is 0.286. The summed E-state index contributed by atoms with van der Waals surface area (Å²) < 4.78 is 39.3. The molecule has 1 aliphatic rings. The number of rotatable bonds is 5. The monoisotopic (exact) mass is 469 g/mol. The van der Waals surface area contributed by atoms with Crippen LogP contribution in [-0.2, 0) is 0 Å². The first-order valence-electron chi connectivity index (χ1n) is 9.51. The molecule has 2 aromatic carbocycles. The first-order valence-corrected chi connectivity index (χ1v) is 11.6. The Morgan fingerprint density at radius 2 is 1.87 bits per heavy atom. The third-order valence-electron chi connectivity index (χ3n) is 4.85. The second kappa shape index (κ2) is 9.08. The van der Waals surface area contributed by atoms with E-state index in [1.807, 2.05) is 17.5 Å². The van der Waals surface area contributed by atoms with Crippen LogP contribution in [0.2, 0.25) is 5.02 Å². The summed E-state index contributed by atoms with van der Waals surface area (Å²) in [6, 6.07) is 13.1. The summed E-state index contributed by atoms with van der Waals surface area (Å²) >= 11 is 7.53. The van der Waals surface area contributed by atoms with E-state index in [1.54, 1.807) is 12.1 Å². The number of piperidine rings is 1. The first kappa shape index (κ1) is 21.3. The van der Waals surface area contributed by atoms with Crippen LogP contribution in [0.25, 0.3) is 21.8 Å². The SMILES string of the molecule is FC(F)(F)SNc1ccc(-c2csc(-c3cccc(N4CCCCC4)c3)n2)c(Cl)c1. The molecule has 1 aliphatic heterocycles. The second-order valence-electron chi connectivity index (χ2n) is 6.98. The van der Waals surface area contributed by atoms with E-state index >= 15 is 0 Å². The number of hydrogen-bond acceptors (Lipinski definition) is 5. The minimum atomic E-state index is -4.36. The summed E-state index contributed by atoms with van der Waals surface area (Å²) in [4.78, 5) is 7.13. The molecular formula is C21H19ClF3N3S2. The zero-order valence-corrected chi connectivity index (χ0v) is 18.3. The minimum absolute atomic E-state index is 0.288. The Balaban J connectivity index is 1.53. The number of nitrogens with one attached hydrogen (secondary N) is 1. The molecule has 3 nitrogen and oxygen atoms in total. The number of halogens is 4. The van der Waals surface area contributed by atoms with E-state index in [9.17, 15) is 13.2 Å². The van der Waals surface area contributed by atoms with E-state index in [0.717, 1.165) is 23.7 Å². The van der Waals surface area contributed by atoms with Crippen LogP contribution in [-0.4, -0.2) is 23.6 Å². The van der Waals surface area contributed by atoms with Crippen molar-refractivity contribution < 1.29 is 13.2 Å². The number of hydrogen-bond donors (Lipinski definition) is 1. The number of nitrogens with zero attached hydrogens (tertiary/aromatic N) is 2. The molecule has 3 aromatic rings. The topological polar surface area (TPSA) is 28.2 Å². The summed E-state index contributed by atoms with van der Waals surface area (Å²) in [5, 5.41) is 3.15. The summed E-state index contributed by atoms with van der Waals surface area (Å²) in [6.45, 7) is 2.16. The van der Waals surface area contributed by atoms with Crippen LogP contribution in [0, 0.1) is 0 Å². The molecule has 0 amide bonds. The molecule has 0 spiro atoms. The van der Waals surface area contributed by atoms with Gasteiger partial charge in [-0.15, -0.1) is 11.3 Å². The van der Waals surface area contributed by atoms with Crippen molar-refractivity contribution in [2.75, 3.05) is 22.7 Å². The number of anilines is 2.